The number of aromatic nitrogens is 4. The van der Waals surface area contributed by atoms with Crippen LogP contribution in [0.2, 0.25) is 0 Å². The molecule has 11 nitrogen and oxygen atoms in total. The summed E-state index contributed by atoms with van der Waals surface area (Å²) in [5.41, 5.74) is 0.655. The van der Waals surface area contributed by atoms with Crippen LogP contribution in [-0.4, -0.2) is 50.0 Å². The molecular weight excluding hydrogens is 416 g/mol. The first-order chi connectivity index (χ1) is 15.2. The summed E-state index contributed by atoms with van der Waals surface area (Å²) in [6.45, 7) is 6.91. The van der Waals surface area contributed by atoms with Gasteiger partial charge in [-0.15, -0.1) is 0 Å². The number of carbonyl (C=O) groups excluding carboxylic acids is 2. The van der Waals surface area contributed by atoms with Gasteiger partial charge in [0.25, 0.3) is 5.91 Å². The first-order valence-electron chi connectivity index (χ1n) is 10.0. The van der Waals surface area contributed by atoms with E-state index in [0.717, 1.165) is 0 Å². The van der Waals surface area contributed by atoms with E-state index in [1.54, 1.807) is 45.0 Å². The summed E-state index contributed by atoms with van der Waals surface area (Å²) in [7, 11) is 1.44. The van der Waals surface area contributed by atoms with E-state index in [1.807, 2.05) is 6.07 Å². The van der Waals surface area contributed by atoms with Crippen LogP contribution in [0.1, 0.15) is 46.1 Å². The predicted molar refractivity (Wildman–Crippen MR) is 116 cm³/mol. The summed E-state index contributed by atoms with van der Waals surface area (Å²) in [4.78, 5) is 38.5. The van der Waals surface area contributed by atoms with E-state index < -0.39 is 16.8 Å². The largest absolute Gasteiger partial charge is 0.462 e. The maximum atomic E-state index is 13.6. The van der Waals surface area contributed by atoms with Crippen molar-refractivity contribution in [2.75, 3.05) is 18.6 Å². The van der Waals surface area contributed by atoms with Crippen molar-refractivity contribution in [2.24, 2.45) is 0 Å². The molecule has 0 aliphatic carbocycles. The Balaban J connectivity index is 2.24. The Morgan fingerprint density at radius 3 is 2.34 bits per heavy atom. The van der Waals surface area contributed by atoms with Crippen LogP contribution in [-0.2, 0) is 11.3 Å². The van der Waals surface area contributed by atoms with Gasteiger partial charge in [-0.2, -0.15) is 10.2 Å². The van der Waals surface area contributed by atoms with Crippen molar-refractivity contribution in [1.29, 1.82) is 0 Å². The molecule has 0 atom stereocenters. The van der Waals surface area contributed by atoms with E-state index >= 15 is 0 Å². The molecule has 0 saturated heterocycles. The number of hydrogen-bond donors (Lipinski definition) is 0. The van der Waals surface area contributed by atoms with Crippen LogP contribution in [0.4, 0.5) is 11.5 Å². The molecule has 32 heavy (non-hydrogen) atoms. The smallest absolute Gasteiger partial charge is 0.343 e. The lowest BCUT2D eigenvalue weighted by Crippen LogP contribution is -2.32. The van der Waals surface area contributed by atoms with E-state index in [-0.39, 0.29) is 41.6 Å². The van der Waals surface area contributed by atoms with Gasteiger partial charge < -0.3 is 4.74 Å². The molecule has 0 N–H and O–H groups in total. The average Bonchev–Trinajstić information content (AvgIpc) is 3.30. The van der Waals surface area contributed by atoms with Crippen molar-refractivity contribution in [3.8, 4) is 5.69 Å². The third-order valence-electron chi connectivity index (χ3n) is 4.92. The first kappa shape index (κ1) is 22.7. The zero-order chi connectivity index (χ0) is 23.6. The molecule has 0 saturated carbocycles. The maximum Gasteiger partial charge on any atom is 0.343 e. The Bertz CT molecular complexity index is 1180. The summed E-state index contributed by atoms with van der Waals surface area (Å²) < 4.78 is 7.92. The fourth-order valence-electron chi connectivity index (χ4n) is 3.50. The average molecular weight is 440 g/mol. The molecule has 11 heteroatoms. The minimum atomic E-state index is -0.693. The number of nitrogens with zero attached hydrogens (tertiary/aromatic N) is 6. The molecule has 2 aromatic heterocycles. The second-order valence-electron chi connectivity index (χ2n) is 6.97. The van der Waals surface area contributed by atoms with Gasteiger partial charge in [0.15, 0.2) is 5.82 Å². The van der Waals surface area contributed by atoms with Gasteiger partial charge in [0.1, 0.15) is 11.3 Å². The summed E-state index contributed by atoms with van der Waals surface area (Å²) in [6.07, 6.45) is 0. The second kappa shape index (κ2) is 9.00. The fourth-order valence-corrected chi connectivity index (χ4v) is 3.50. The summed E-state index contributed by atoms with van der Waals surface area (Å²) in [5.74, 6) is -1.19. The third-order valence-corrected chi connectivity index (χ3v) is 4.92. The van der Waals surface area contributed by atoms with Crippen LogP contribution in [0.3, 0.4) is 0 Å². The summed E-state index contributed by atoms with van der Waals surface area (Å²) in [6, 6.07) is 8.95. The number of para-hydroxylation sites is 1. The SMILES string of the molecule is CCOC(=O)c1c(C)nn(-c2ccccc2)c1N(C)C(=O)c1c([N+](=O)[O-])c(C)nn1CC. The molecule has 0 aliphatic rings. The number of amides is 1. The van der Waals surface area contributed by atoms with Crippen molar-refractivity contribution >= 4 is 23.4 Å². The monoisotopic (exact) mass is 440 g/mol. The molecule has 168 valence electrons. The van der Waals surface area contributed by atoms with Gasteiger partial charge in [0.2, 0.25) is 5.69 Å². The molecule has 0 fully saturated rings. The van der Waals surface area contributed by atoms with Crippen LogP contribution < -0.4 is 4.90 Å². The standard InChI is InChI=1S/C21H24N6O5/c1-6-25-18(17(27(30)31)14(4)22-25)20(28)24(5)19-16(21(29)32-7-2)13(3)23-26(19)15-11-9-8-10-12-15/h8-12H,6-7H2,1-5H3. The number of esters is 1. The Morgan fingerprint density at radius 2 is 1.78 bits per heavy atom. The Hall–Kier alpha value is -4.02. The number of ether oxygens (including phenoxy) is 1. The Morgan fingerprint density at radius 1 is 1.12 bits per heavy atom. The topological polar surface area (TPSA) is 125 Å². The molecule has 3 rings (SSSR count). The Kier molecular flexibility index (Phi) is 6.37. The molecule has 3 aromatic rings. The maximum absolute atomic E-state index is 13.6. The van der Waals surface area contributed by atoms with Gasteiger partial charge in [-0.05, 0) is 39.8 Å². The Labute approximate surface area is 184 Å². The molecule has 0 bridgehead atoms. The van der Waals surface area contributed by atoms with E-state index in [1.165, 1.54) is 28.2 Å². The molecule has 0 spiro atoms. The highest BCUT2D eigenvalue weighted by molar-refractivity contribution is 6.10. The lowest BCUT2D eigenvalue weighted by molar-refractivity contribution is -0.385. The van der Waals surface area contributed by atoms with Crippen molar-refractivity contribution < 1.29 is 19.2 Å². The van der Waals surface area contributed by atoms with Gasteiger partial charge in [-0.3, -0.25) is 24.5 Å². The molecule has 2 heterocycles. The number of anilines is 1. The highest BCUT2D eigenvalue weighted by Gasteiger charge is 2.36. The van der Waals surface area contributed by atoms with E-state index in [2.05, 4.69) is 10.2 Å². The van der Waals surface area contributed by atoms with Gasteiger partial charge >= 0.3 is 11.7 Å². The number of rotatable bonds is 7. The van der Waals surface area contributed by atoms with Crippen LogP contribution in [0.15, 0.2) is 30.3 Å². The second-order valence-corrected chi connectivity index (χ2v) is 6.97. The molecule has 0 radical (unpaired) electrons. The van der Waals surface area contributed by atoms with Crippen molar-refractivity contribution in [1.82, 2.24) is 19.6 Å². The van der Waals surface area contributed by atoms with Gasteiger partial charge in [0.05, 0.1) is 22.9 Å². The highest BCUT2D eigenvalue weighted by Crippen LogP contribution is 2.31. The van der Waals surface area contributed by atoms with E-state index in [9.17, 15) is 19.7 Å². The highest BCUT2D eigenvalue weighted by atomic mass is 16.6. The molecular formula is C21H24N6O5. The van der Waals surface area contributed by atoms with E-state index in [4.69, 9.17) is 4.74 Å². The van der Waals surface area contributed by atoms with Gasteiger partial charge in [-0.25, -0.2) is 9.48 Å². The minimum absolute atomic E-state index is 0.105. The fraction of sp³-hybridized carbons (Fsp3) is 0.333. The van der Waals surface area contributed by atoms with Crippen molar-refractivity contribution in [2.45, 2.75) is 34.2 Å². The van der Waals surface area contributed by atoms with E-state index in [0.29, 0.717) is 11.4 Å². The zero-order valence-electron chi connectivity index (χ0n) is 18.5. The number of carbonyl (C=O) groups is 2. The normalized spacial score (nSPS) is 10.8. The molecule has 1 amide bonds. The lowest BCUT2D eigenvalue weighted by Gasteiger charge is -2.20. The zero-order valence-corrected chi connectivity index (χ0v) is 18.5. The van der Waals surface area contributed by atoms with Crippen LogP contribution in [0.5, 0.6) is 0 Å². The van der Waals surface area contributed by atoms with Crippen molar-refractivity contribution in [3.63, 3.8) is 0 Å². The van der Waals surface area contributed by atoms with Gasteiger partial charge in [-0.1, -0.05) is 18.2 Å². The number of nitro groups is 1. The summed E-state index contributed by atoms with van der Waals surface area (Å²) in [5, 5.41) is 20.3. The van der Waals surface area contributed by atoms with Crippen LogP contribution in [0, 0.1) is 24.0 Å². The number of hydrogen-bond acceptors (Lipinski definition) is 7. The summed E-state index contributed by atoms with van der Waals surface area (Å²) >= 11 is 0. The van der Waals surface area contributed by atoms with Crippen LogP contribution in [0.25, 0.3) is 5.69 Å². The number of benzene rings is 1. The lowest BCUT2D eigenvalue weighted by atomic mass is 10.2. The number of aryl methyl sites for hydroxylation is 3. The quantitative estimate of drug-likeness (QED) is 0.314. The molecule has 0 unspecified atom stereocenters. The molecule has 0 aliphatic heterocycles. The molecule has 1 aromatic carbocycles. The van der Waals surface area contributed by atoms with Crippen molar-refractivity contribution in [3.05, 3.63) is 63.1 Å². The predicted octanol–water partition coefficient (Wildman–Crippen LogP) is 3.07. The van der Waals surface area contributed by atoms with Crippen LogP contribution >= 0.6 is 0 Å². The van der Waals surface area contributed by atoms with Gasteiger partial charge in [0, 0.05) is 13.6 Å². The minimum Gasteiger partial charge on any atom is -0.462 e. The third kappa shape index (κ3) is 3.84. The first-order valence-corrected chi connectivity index (χ1v) is 10.0.